The van der Waals surface area contributed by atoms with Gasteiger partial charge in [0.05, 0.1) is 6.10 Å². The standard InChI is InChI=1S/C18H22FNO/c1-3-14(2)21-18-6-4-5-16(11-18)13-20-12-15-7-9-17(19)10-8-15/h4-11,14,20H,3,12-13H2,1-2H3. The molecule has 0 spiro atoms. The van der Waals surface area contributed by atoms with E-state index in [4.69, 9.17) is 4.74 Å². The number of benzene rings is 2. The van der Waals surface area contributed by atoms with Gasteiger partial charge in [-0.15, -0.1) is 0 Å². The molecule has 0 aromatic heterocycles. The first kappa shape index (κ1) is 15.5. The van der Waals surface area contributed by atoms with Crippen LogP contribution in [0, 0.1) is 5.82 Å². The summed E-state index contributed by atoms with van der Waals surface area (Å²) < 4.78 is 18.6. The van der Waals surface area contributed by atoms with Crippen molar-refractivity contribution in [2.45, 2.75) is 39.5 Å². The van der Waals surface area contributed by atoms with Crippen LogP contribution in [0.15, 0.2) is 48.5 Å². The van der Waals surface area contributed by atoms with Crippen LogP contribution in [0.3, 0.4) is 0 Å². The topological polar surface area (TPSA) is 21.3 Å². The molecular formula is C18H22FNO. The van der Waals surface area contributed by atoms with Crippen LogP contribution in [0.5, 0.6) is 5.75 Å². The van der Waals surface area contributed by atoms with E-state index in [0.29, 0.717) is 0 Å². The molecule has 0 amide bonds. The van der Waals surface area contributed by atoms with Gasteiger partial charge in [0.15, 0.2) is 0 Å². The number of halogens is 1. The Hall–Kier alpha value is -1.87. The van der Waals surface area contributed by atoms with E-state index in [9.17, 15) is 4.39 Å². The number of rotatable bonds is 7. The molecule has 0 heterocycles. The van der Waals surface area contributed by atoms with Gasteiger partial charge in [-0.25, -0.2) is 4.39 Å². The molecule has 2 rings (SSSR count). The summed E-state index contributed by atoms with van der Waals surface area (Å²) in [6.07, 6.45) is 1.22. The summed E-state index contributed by atoms with van der Waals surface area (Å²) in [5.74, 6) is 0.707. The van der Waals surface area contributed by atoms with Crippen LogP contribution < -0.4 is 10.1 Å². The molecule has 0 fully saturated rings. The number of hydrogen-bond acceptors (Lipinski definition) is 2. The molecule has 0 saturated heterocycles. The molecule has 112 valence electrons. The van der Waals surface area contributed by atoms with Crippen LogP contribution >= 0.6 is 0 Å². The molecule has 21 heavy (non-hydrogen) atoms. The molecule has 0 radical (unpaired) electrons. The van der Waals surface area contributed by atoms with Gasteiger partial charge in [-0.1, -0.05) is 31.2 Å². The SMILES string of the molecule is CCC(C)Oc1cccc(CNCc2ccc(F)cc2)c1. The lowest BCUT2D eigenvalue weighted by Gasteiger charge is -2.13. The van der Waals surface area contributed by atoms with Crippen molar-refractivity contribution in [2.75, 3.05) is 0 Å². The van der Waals surface area contributed by atoms with E-state index in [1.807, 2.05) is 12.1 Å². The van der Waals surface area contributed by atoms with Gasteiger partial charge >= 0.3 is 0 Å². The Balaban J connectivity index is 1.85. The molecule has 1 N–H and O–H groups in total. The largest absolute Gasteiger partial charge is 0.491 e. The normalized spacial score (nSPS) is 12.1. The van der Waals surface area contributed by atoms with E-state index in [1.54, 1.807) is 12.1 Å². The molecule has 3 heteroatoms. The van der Waals surface area contributed by atoms with Gasteiger partial charge in [-0.05, 0) is 48.7 Å². The highest BCUT2D eigenvalue weighted by molar-refractivity contribution is 5.28. The molecule has 0 aliphatic heterocycles. The maximum Gasteiger partial charge on any atom is 0.123 e. The molecule has 0 saturated carbocycles. The van der Waals surface area contributed by atoms with E-state index in [0.717, 1.165) is 30.8 Å². The molecule has 2 nitrogen and oxygen atoms in total. The van der Waals surface area contributed by atoms with Gasteiger partial charge in [0.2, 0.25) is 0 Å². The number of ether oxygens (including phenoxy) is 1. The Kier molecular flexibility index (Phi) is 5.76. The van der Waals surface area contributed by atoms with Gasteiger partial charge in [0.1, 0.15) is 11.6 Å². The monoisotopic (exact) mass is 287 g/mol. The molecule has 1 atom stereocenters. The molecule has 0 bridgehead atoms. The highest BCUT2D eigenvalue weighted by Gasteiger charge is 2.02. The molecule has 0 aliphatic carbocycles. The third-order valence-corrected chi connectivity index (χ3v) is 3.38. The van der Waals surface area contributed by atoms with Crippen molar-refractivity contribution in [3.8, 4) is 5.75 Å². The quantitative estimate of drug-likeness (QED) is 0.820. The first-order valence-corrected chi connectivity index (χ1v) is 7.38. The van der Waals surface area contributed by atoms with E-state index in [1.165, 1.54) is 17.7 Å². The minimum Gasteiger partial charge on any atom is -0.491 e. The first-order chi connectivity index (χ1) is 10.2. The van der Waals surface area contributed by atoms with Crippen molar-refractivity contribution in [1.29, 1.82) is 0 Å². The zero-order valence-electron chi connectivity index (χ0n) is 12.6. The molecule has 0 aliphatic rings. The second-order valence-corrected chi connectivity index (χ2v) is 5.21. The van der Waals surface area contributed by atoms with Crippen LogP contribution in [0.25, 0.3) is 0 Å². The number of nitrogens with one attached hydrogen (secondary N) is 1. The molecular weight excluding hydrogens is 265 g/mol. The van der Waals surface area contributed by atoms with Gasteiger partial charge in [-0.2, -0.15) is 0 Å². The van der Waals surface area contributed by atoms with Gasteiger partial charge < -0.3 is 10.1 Å². The van der Waals surface area contributed by atoms with E-state index in [-0.39, 0.29) is 11.9 Å². The van der Waals surface area contributed by atoms with E-state index in [2.05, 4.69) is 31.3 Å². The van der Waals surface area contributed by atoms with Gasteiger partial charge in [0, 0.05) is 13.1 Å². The minimum absolute atomic E-state index is 0.200. The van der Waals surface area contributed by atoms with Crippen molar-refractivity contribution >= 4 is 0 Å². The van der Waals surface area contributed by atoms with Gasteiger partial charge in [0.25, 0.3) is 0 Å². The summed E-state index contributed by atoms with van der Waals surface area (Å²) in [7, 11) is 0. The summed E-state index contributed by atoms with van der Waals surface area (Å²) >= 11 is 0. The van der Waals surface area contributed by atoms with Crippen molar-refractivity contribution in [1.82, 2.24) is 5.32 Å². The van der Waals surface area contributed by atoms with Gasteiger partial charge in [-0.3, -0.25) is 0 Å². The Bertz CT molecular complexity index is 553. The van der Waals surface area contributed by atoms with Crippen LogP contribution in [-0.4, -0.2) is 6.10 Å². The summed E-state index contributed by atoms with van der Waals surface area (Å²) in [6.45, 7) is 5.66. The Morgan fingerprint density at radius 2 is 1.76 bits per heavy atom. The van der Waals surface area contributed by atoms with Crippen LogP contribution in [0.2, 0.25) is 0 Å². The summed E-state index contributed by atoms with van der Waals surface area (Å²) in [6, 6.07) is 14.7. The predicted molar refractivity (Wildman–Crippen MR) is 83.8 cm³/mol. The Labute approximate surface area is 126 Å². The summed E-state index contributed by atoms with van der Waals surface area (Å²) in [5, 5.41) is 3.35. The lowest BCUT2D eigenvalue weighted by molar-refractivity contribution is 0.217. The average Bonchev–Trinajstić information content (AvgIpc) is 2.49. The van der Waals surface area contributed by atoms with Crippen molar-refractivity contribution < 1.29 is 9.13 Å². The third kappa shape index (κ3) is 5.20. The zero-order chi connectivity index (χ0) is 15.1. The van der Waals surface area contributed by atoms with Crippen LogP contribution in [-0.2, 0) is 13.1 Å². The van der Waals surface area contributed by atoms with E-state index < -0.39 is 0 Å². The second-order valence-electron chi connectivity index (χ2n) is 5.21. The summed E-state index contributed by atoms with van der Waals surface area (Å²) in [5.41, 5.74) is 2.25. The van der Waals surface area contributed by atoms with Crippen LogP contribution in [0.4, 0.5) is 4.39 Å². The Morgan fingerprint density at radius 1 is 1.05 bits per heavy atom. The number of hydrogen-bond donors (Lipinski definition) is 1. The van der Waals surface area contributed by atoms with Crippen LogP contribution in [0.1, 0.15) is 31.4 Å². The third-order valence-electron chi connectivity index (χ3n) is 3.38. The second kappa shape index (κ2) is 7.79. The molecule has 1 unspecified atom stereocenters. The fourth-order valence-corrected chi connectivity index (χ4v) is 2.00. The zero-order valence-corrected chi connectivity index (χ0v) is 12.6. The lowest BCUT2D eigenvalue weighted by Crippen LogP contribution is -2.13. The van der Waals surface area contributed by atoms with Crippen molar-refractivity contribution in [3.05, 3.63) is 65.5 Å². The maximum absolute atomic E-state index is 12.8. The van der Waals surface area contributed by atoms with Crippen molar-refractivity contribution in [2.24, 2.45) is 0 Å². The fraction of sp³-hybridized carbons (Fsp3) is 0.333. The molecule has 2 aromatic carbocycles. The average molecular weight is 287 g/mol. The highest BCUT2D eigenvalue weighted by Crippen LogP contribution is 2.16. The first-order valence-electron chi connectivity index (χ1n) is 7.38. The smallest absolute Gasteiger partial charge is 0.123 e. The fourth-order valence-electron chi connectivity index (χ4n) is 2.00. The maximum atomic E-state index is 12.8. The Morgan fingerprint density at radius 3 is 2.48 bits per heavy atom. The van der Waals surface area contributed by atoms with E-state index >= 15 is 0 Å². The summed E-state index contributed by atoms with van der Waals surface area (Å²) in [4.78, 5) is 0. The molecule has 2 aromatic rings. The lowest BCUT2D eigenvalue weighted by atomic mass is 10.2. The predicted octanol–water partition coefficient (Wildman–Crippen LogP) is 4.29. The highest BCUT2D eigenvalue weighted by atomic mass is 19.1. The minimum atomic E-state index is -0.200. The van der Waals surface area contributed by atoms with Crippen molar-refractivity contribution in [3.63, 3.8) is 0 Å².